The molecule has 0 saturated heterocycles. The SMILES string of the molecule is Cc1cccc2nc(C(C)Cl)n(CCc3ncon3)c12. The highest BCUT2D eigenvalue weighted by atomic mass is 35.5. The van der Waals surface area contributed by atoms with Gasteiger partial charge in [-0.3, -0.25) is 0 Å². The Labute approximate surface area is 121 Å². The first-order valence-corrected chi connectivity index (χ1v) is 6.95. The number of halogens is 1. The first kappa shape index (κ1) is 13.1. The molecule has 20 heavy (non-hydrogen) atoms. The van der Waals surface area contributed by atoms with Gasteiger partial charge in [-0.15, -0.1) is 11.6 Å². The third-order valence-electron chi connectivity index (χ3n) is 3.32. The fourth-order valence-electron chi connectivity index (χ4n) is 2.43. The highest BCUT2D eigenvalue weighted by Gasteiger charge is 2.16. The highest BCUT2D eigenvalue weighted by Crippen LogP contribution is 2.26. The number of rotatable bonds is 4. The van der Waals surface area contributed by atoms with Gasteiger partial charge < -0.3 is 9.09 Å². The zero-order chi connectivity index (χ0) is 14.1. The minimum absolute atomic E-state index is 0.146. The second-order valence-electron chi connectivity index (χ2n) is 4.78. The van der Waals surface area contributed by atoms with E-state index in [0.717, 1.165) is 23.4 Å². The van der Waals surface area contributed by atoms with Crippen molar-refractivity contribution in [1.82, 2.24) is 19.7 Å². The van der Waals surface area contributed by atoms with Crippen LogP contribution < -0.4 is 0 Å². The average molecular weight is 291 g/mol. The van der Waals surface area contributed by atoms with Gasteiger partial charge in [-0.1, -0.05) is 17.3 Å². The highest BCUT2D eigenvalue weighted by molar-refractivity contribution is 6.20. The van der Waals surface area contributed by atoms with Crippen molar-refractivity contribution in [3.8, 4) is 0 Å². The van der Waals surface area contributed by atoms with Crippen LogP contribution in [0.15, 0.2) is 29.1 Å². The predicted molar refractivity (Wildman–Crippen MR) is 76.7 cm³/mol. The maximum Gasteiger partial charge on any atom is 0.213 e. The molecule has 0 amide bonds. The van der Waals surface area contributed by atoms with Crippen LogP contribution >= 0.6 is 11.6 Å². The van der Waals surface area contributed by atoms with Gasteiger partial charge in [0.15, 0.2) is 5.82 Å². The van der Waals surface area contributed by atoms with Crippen molar-refractivity contribution < 1.29 is 4.52 Å². The summed E-state index contributed by atoms with van der Waals surface area (Å²) < 4.78 is 6.91. The number of fused-ring (bicyclic) bond motifs is 1. The van der Waals surface area contributed by atoms with Gasteiger partial charge in [0.25, 0.3) is 0 Å². The van der Waals surface area contributed by atoms with Crippen LogP contribution in [-0.2, 0) is 13.0 Å². The average Bonchev–Trinajstić information content (AvgIpc) is 3.03. The molecule has 104 valence electrons. The van der Waals surface area contributed by atoms with Gasteiger partial charge in [0.2, 0.25) is 6.39 Å². The summed E-state index contributed by atoms with van der Waals surface area (Å²) in [4.78, 5) is 8.69. The lowest BCUT2D eigenvalue weighted by Crippen LogP contribution is -2.08. The number of hydrogen-bond donors (Lipinski definition) is 0. The van der Waals surface area contributed by atoms with Crippen molar-refractivity contribution in [2.24, 2.45) is 0 Å². The second-order valence-corrected chi connectivity index (χ2v) is 5.43. The molecule has 1 unspecified atom stereocenters. The summed E-state index contributed by atoms with van der Waals surface area (Å²) in [6, 6.07) is 6.10. The van der Waals surface area contributed by atoms with Gasteiger partial charge in [-0.05, 0) is 25.5 Å². The number of para-hydroxylation sites is 1. The monoisotopic (exact) mass is 290 g/mol. The summed E-state index contributed by atoms with van der Waals surface area (Å²) in [5.74, 6) is 1.56. The molecule has 0 aliphatic carbocycles. The molecule has 1 aromatic carbocycles. The summed E-state index contributed by atoms with van der Waals surface area (Å²) in [6.07, 6.45) is 2.03. The topological polar surface area (TPSA) is 56.7 Å². The van der Waals surface area contributed by atoms with Crippen LogP contribution in [0.25, 0.3) is 11.0 Å². The normalized spacial score (nSPS) is 12.9. The van der Waals surface area contributed by atoms with Gasteiger partial charge in [0.1, 0.15) is 5.82 Å². The van der Waals surface area contributed by atoms with Crippen LogP contribution in [0.4, 0.5) is 0 Å². The Morgan fingerprint density at radius 3 is 2.95 bits per heavy atom. The van der Waals surface area contributed by atoms with Crippen LogP contribution in [0, 0.1) is 6.92 Å². The summed E-state index contributed by atoms with van der Waals surface area (Å²) in [6.45, 7) is 4.74. The summed E-state index contributed by atoms with van der Waals surface area (Å²) in [5.41, 5.74) is 3.28. The Hall–Kier alpha value is -1.88. The molecule has 1 atom stereocenters. The van der Waals surface area contributed by atoms with Crippen molar-refractivity contribution in [3.05, 3.63) is 41.8 Å². The van der Waals surface area contributed by atoms with Gasteiger partial charge in [0, 0.05) is 13.0 Å². The molecule has 2 heterocycles. The molecule has 5 nitrogen and oxygen atoms in total. The Morgan fingerprint density at radius 1 is 1.40 bits per heavy atom. The zero-order valence-electron chi connectivity index (χ0n) is 11.4. The van der Waals surface area contributed by atoms with Crippen LogP contribution in [0.2, 0.25) is 0 Å². The van der Waals surface area contributed by atoms with E-state index in [2.05, 4.69) is 32.7 Å². The van der Waals surface area contributed by atoms with Crippen LogP contribution in [-0.4, -0.2) is 19.7 Å². The van der Waals surface area contributed by atoms with Crippen LogP contribution in [0.1, 0.15) is 29.5 Å². The van der Waals surface area contributed by atoms with Crippen molar-refractivity contribution in [2.45, 2.75) is 32.2 Å². The molecule has 0 fully saturated rings. The molecule has 3 aromatic rings. The van der Waals surface area contributed by atoms with Crippen molar-refractivity contribution in [3.63, 3.8) is 0 Å². The summed E-state index contributed by atoms with van der Waals surface area (Å²) in [5, 5.41) is 3.69. The second kappa shape index (κ2) is 5.25. The van der Waals surface area contributed by atoms with E-state index in [1.807, 2.05) is 19.1 Å². The number of benzene rings is 1. The lowest BCUT2D eigenvalue weighted by atomic mass is 10.2. The molecule has 0 spiro atoms. The summed E-state index contributed by atoms with van der Waals surface area (Å²) >= 11 is 6.26. The van der Waals surface area contributed by atoms with E-state index in [1.54, 1.807) is 0 Å². The zero-order valence-corrected chi connectivity index (χ0v) is 12.1. The minimum atomic E-state index is -0.146. The van der Waals surface area contributed by atoms with E-state index in [9.17, 15) is 0 Å². The Balaban J connectivity index is 2.04. The van der Waals surface area contributed by atoms with Crippen LogP contribution in [0.5, 0.6) is 0 Å². The Morgan fingerprint density at radius 2 is 2.25 bits per heavy atom. The molecule has 3 rings (SSSR count). The maximum absolute atomic E-state index is 6.26. The van der Waals surface area contributed by atoms with Gasteiger partial charge in [-0.25, -0.2) is 4.98 Å². The molecular weight excluding hydrogens is 276 g/mol. The minimum Gasteiger partial charge on any atom is -0.343 e. The Kier molecular flexibility index (Phi) is 3.44. The standard InChI is InChI=1S/C14H15ClN4O/c1-9-4-3-5-11-13(9)19(14(17-11)10(2)15)7-6-12-16-8-20-18-12/h3-5,8,10H,6-7H2,1-2H3. The number of aromatic nitrogens is 4. The predicted octanol–water partition coefficient (Wildman–Crippen LogP) is 3.27. The third kappa shape index (κ3) is 2.29. The largest absolute Gasteiger partial charge is 0.343 e. The first-order chi connectivity index (χ1) is 9.66. The number of alkyl halides is 1. The van der Waals surface area contributed by atoms with E-state index in [4.69, 9.17) is 16.1 Å². The first-order valence-electron chi connectivity index (χ1n) is 6.52. The van der Waals surface area contributed by atoms with Crippen molar-refractivity contribution in [1.29, 1.82) is 0 Å². The van der Waals surface area contributed by atoms with Gasteiger partial charge >= 0.3 is 0 Å². The van der Waals surface area contributed by atoms with E-state index in [0.29, 0.717) is 12.2 Å². The Bertz CT molecular complexity index is 718. The number of imidazole rings is 1. The quantitative estimate of drug-likeness (QED) is 0.692. The lowest BCUT2D eigenvalue weighted by Gasteiger charge is -2.10. The molecule has 0 N–H and O–H groups in total. The number of aryl methyl sites for hydroxylation is 3. The van der Waals surface area contributed by atoms with Gasteiger partial charge in [0.05, 0.1) is 16.4 Å². The van der Waals surface area contributed by atoms with Crippen molar-refractivity contribution in [2.75, 3.05) is 0 Å². The van der Waals surface area contributed by atoms with E-state index in [-0.39, 0.29) is 5.38 Å². The lowest BCUT2D eigenvalue weighted by molar-refractivity contribution is 0.408. The smallest absolute Gasteiger partial charge is 0.213 e. The van der Waals surface area contributed by atoms with Crippen molar-refractivity contribution >= 4 is 22.6 Å². The number of nitrogens with zero attached hydrogens (tertiary/aromatic N) is 4. The van der Waals surface area contributed by atoms with E-state index < -0.39 is 0 Å². The fraction of sp³-hybridized carbons (Fsp3) is 0.357. The molecule has 6 heteroatoms. The number of hydrogen-bond acceptors (Lipinski definition) is 4. The molecule has 0 bridgehead atoms. The maximum atomic E-state index is 6.26. The molecular formula is C14H15ClN4O. The van der Waals surface area contributed by atoms with Crippen LogP contribution in [0.3, 0.4) is 0 Å². The van der Waals surface area contributed by atoms with E-state index >= 15 is 0 Å². The fourth-order valence-corrected chi connectivity index (χ4v) is 2.59. The van der Waals surface area contributed by atoms with Gasteiger partial charge in [-0.2, -0.15) is 4.98 Å². The molecule has 0 aliphatic rings. The van der Waals surface area contributed by atoms with E-state index in [1.165, 1.54) is 12.0 Å². The molecule has 2 aromatic heterocycles. The molecule has 0 radical (unpaired) electrons. The molecule has 0 aliphatic heterocycles. The third-order valence-corrected chi connectivity index (χ3v) is 3.51. The molecule has 0 saturated carbocycles. The summed E-state index contributed by atoms with van der Waals surface area (Å²) in [7, 11) is 0.